The lowest BCUT2D eigenvalue weighted by molar-refractivity contribution is 0.165. The van der Waals surface area contributed by atoms with E-state index in [1.54, 1.807) is 0 Å². The third-order valence-electron chi connectivity index (χ3n) is 3.84. The first-order chi connectivity index (χ1) is 8.79. The van der Waals surface area contributed by atoms with E-state index in [0.29, 0.717) is 6.04 Å². The summed E-state index contributed by atoms with van der Waals surface area (Å²) < 4.78 is 0. The Morgan fingerprint density at radius 2 is 2.44 bits per heavy atom. The van der Waals surface area contributed by atoms with Crippen LogP contribution in [0.3, 0.4) is 0 Å². The fraction of sp³-hybridized carbons (Fsp3) is 0.667. The highest BCUT2D eigenvalue weighted by Crippen LogP contribution is 2.22. The Balaban J connectivity index is 1.86. The van der Waals surface area contributed by atoms with Gasteiger partial charge in [0.15, 0.2) is 0 Å². The summed E-state index contributed by atoms with van der Waals surface area (Å²) in [7, 11) is 0. The molecule has 0 amide bonds. The molecule has 1 saturated heterocycles. The quantitative estimate of drug-likeness (QED) is 0.867. The molecule has 1 aliphatic heterocycles. The maximum absolute atomic E-state index is 4.15. The number of likely N-dealkylation sites (tertiary alicyclic amines) is 1. The van der Waals surface area contributed by atoms with Crippen LogP contribution in [0.15, 0.2) is 24.5 Å². The smallest absolute Gasteiger partial charge is 0.0528 e. The molecule has 1 aliphatic rings. The van der Waals surface area contributed by atoms with Crippen LogP contribution in [0.5, 0.6) is 0 Å². The van der Waals surface area contributed by atoms with Crippen LogP contribution < -0.4 is 5.32 Å². The number of rotatable bonds is 5. The van der Waals surface area contributed by atoms with Crippen molar-refractivity contribution in [2.24, 2.45) is 5.92 Å². The zero-order chi connectivity index (χ0) is 12.8. The molecule has 0 bridgehead atoms. The van der Waals surface area contributed by atoms with E-state index in [-0.39, 0.29) is 0 Å². The largest absolute Gasteiger partial charge is 0.381 e. The van der Waals surface area contributed by atoms with E-state index in [4.69, 9.17) is 0 Å². The van der Waals surface area contributed by atoms with Gasteiger partial charge >= 0.3 is 0 Å². The van der Waals surface area contributed by atoms with Gasteiger partial charge in [-0.3, -0.25) is 4.98 Å². The van der Waals surface area contributed by atoms with Crippen LogP contribution in [0.1, 0.15) is 33.1 Å². The molecule has 2 atom stereocenters. The Morgan fingerprint density at radius 3 is 3.17 bits per heavy atom. The molecule has 0 aliphatic carbocycles. The Labute approximate surface area is 111 Å². The fourth-order valence-corrected chi connectivity index (χ4v) is 2.85. The molecule has 1 fully saturated rings. The van der Waals surface area contributed by atoms with Gasteiger partial charge in [0.25, 0.3) is 0 Å². The summed E-state index contributed by atoms with van der Waals surface area (Å²) in [6.07, 6.45) is 7.66. The SMILES string of the molecule is CCCN1CCCC(C(C)Nc2cccnc2)C1. The molecule has 0 aromatic carbocycles. The van der Waals surface area contributed by atoms with E-state index in [9.17, 15) is 0 Å². The zero-order valence-corrected chi connectivity index (χ0v) is 11.6. The average Bonchev–Trinajstić information content (AvgIpc) is 2.40. The minimum Gasteiger partial charge on any atom is -0.381 e. The van der Waals surface area contributed by atoms with Gasteiger partial charge in [-0.25, -0.2) is 0 Å². The van der Waals surface area contributed by atoms with Gasteiger partial charge in [0, 0.05) is 25.0 Å². The minimum atomic E-state index is 0.522. The lowest BCUT2D eigenvalue weighted by Gasteiger charge is -2.36. The lowest BCUT2D eigenvalue weighted by Crippen LogP contribution is -2.42. The summed E-state index contributed by atoms with van der Waals surface area (Å²) in [5.41, 5.74) is 1.14. The molecule has 2 unspecified atom stereocenters. The molecule has 1 aromatic rings. The van der Waals surface area contributed by atoms with Crippen LogP contribution >= 0.6 is 0 Å². The number of hydrogen-bond donors (Lipinski definition) is 1. The molecule has 2 rings (SSSR count). The number of nitrogens with one attached hydrogen (secondary N) is 1. The maximum atomic E-state index is 4.15. The molecule has 1 N–H and O–H groups in total. The van der Waals surface area contributed by atoms with Crippen LogP contribution in [-0.2, 0) is 0 Å². The third kappa shape index (κ3) is 3.70. The second-order valence-electron chi connectivity index (χ2n) is 5.38. The summed E-state index contributed by atoms with van der Waals surface area (Å²) in [6.45, 7) is 8.33. The van der Waals surface area contributed by atoms with Gasteiger partial charge in [-0.15, -0.1) is 0 Å². The molecule has 0 radical (unpaired) electrons. The van der Waals surface area contributed by atoms with Crippen molar-refractivity contribution in [2.45, 2.75) is 39.2 Å². The molecular weight excluding hydrogens is 222 g/mol. The topological polar surface area (TPSA) is 28.2 Å². The van der Waals surface area contributed by atoms with Gasteiger partial charge in [0.2, 0.25) is 0 Å². The van der Waals surface area contributed by atoms with E-state index in [1.807, 2.05) is 18.5 Å². The van der Waals surface area contributed by atoms with Crippen LogP contribution in [0.2, 0.25) is 0 Å². The molecule has 3 heteroatoms. The van der Waals surface area contributed by atoms with E-state index < -0.39 is 0 Å². The number of pyridine rings is 1. The second-order valence-corrected chi connectivity index (χ2v) is 5.38. The van der Waals surface area contributed by atoms with E-state index in [1.165, 1.54) is 38.9 Å². The molecule has 3 nitrogen and oxygen atoms in total. The van der Waals surface area contributed by atoms with Crippen molar-refractivity contribution in [2.75, 3.05) is 25.0 Å². The highest BCUT2D eigenvalue weighted by Gasteiger charge is 2.23. The monoisotopic (exact) mass is 247 g/mol. The highest BCUT2D eigenvalue weighted by molar-refractivity contribution is 5.40. The first kappa shape index (κ1) is 13.3. The Hall–Kier alpha value is -1.09. The van der Waals surface area contributed by atoms with Crippen molar-refractivity contribution < 1.29 is 0 Å². The van der Waals surface area contributed by atoms with Gasteiger partial charge in [-0.05, 0) is 57.3 Å². The third-order valence-corrected chi connectivity index (χ3v) is 3.84. The van der Waals surface area contributed by atoms with E-state index in [0.717, 1.165) is 11.6 Å². The molecule has 18 heavy (non-hydrogen) atoms. The first-order valence-corrected chi connectivity index (χ1v) is 7.18. The van der Waals surface area contributed by atoms with Gasteiger partial charge in [-0.1, -0.05) is 6.92 Å². The molecule has 1 aromatic heterocycles. The number of hydrogen-bond acceptors (Lipinski definition) is 3. The van der Waals surface area contributed by atoms with Crippen molar-refractivity contribution in [3.63, 3.8) is 0 Å². The zero-order valence-electron chi connectivity index (χ0n) is 11.6. The van der Waals surface area contributed by atoms with Crippen molar-refractivity contribution >= 4 is 5.69 Å². The summed E-state index contributed by atoms with van der Waals surface area (Å²) in [5, 5.41) is 3.59. The fourth-order valence-electron chi connectivity index (χ4n) is 2.85. The summed E-state index contributed by atoms with van der Waals surface area (Å²) in [4.78, 5) is 6.76. The summed E-state index contributed by atoms with van der Waals surface area (Å²) in [6, 6.07) is 4.60. The number of nitrogens with zero attached hydrogens (tertiary/aromatic N) is 2. The Kier molecular flexibility index (Phi) is 5.00. The van der Waals surface area contributed by atoms with Gasteiger partial charge < -0.3 is 10.2 Å². The molecule has 100 valence electrons. The molecule has 2 heterocycles. The molecule has 0 spiro atoms. The van der Waals surface area contributed by atoms with E-state index >= 15 is 0 Å². The summed E-state index contributed by atoms with van der Waals surface area (Å²) >= 11 is 0. The number of piperidine rings is 1. The minimum absolute atomic E-state index is 0.522. The number of anilines is 1. The normalized spacial score (nSPS) is 22.7. The standard InChI is InChI=1S/C15H25N3/c1-3-9-18-10-5-6-14(12-18)13(2)17-15-7-4-8-16-11-15/h4,7-8,11,13-14,17H,3,5-6,9-10,12H2,1-2H3. The van der Waals surface area contributed by atoms with Crippen LogP contribution in [0.25, 0.3) is 0 Å². The van der Waals surface area contributed by atoms with Gasteiger partial charge in [0.05, 0.1) is 5.69 Å². The van der Waals surface area contributed by atoms with Crippen molar-refractivity contribution in [3.8, 4) is 0 Å². The van der Waals surface area contributed by atoms with Crippen molar-refractivity contribution in [3.05, 3.63) is 24.5 Å². The number of aromatic nitrogens is 1. The predicted octanol–water partition coefficient (Wildman–Crippen LogP) is 3.00. The maximum Gasteiger partial charge on any atom is 0.0528 e. The van der Waals surface area contributed by atoms with E-state index in [2.05, 4.69) is 35.1 Å². The van der Waals surface area contributed by atoms with Crippen LogP contribution in [0.4, 0.5) is 5.69 Å². The average molecular weight is 247 g/mol. The highest BCUT2D eigenvalue weighted by atomic mass is 15.1. The Morgan fingerprint density at radius 1 is 1.56 bits per heavy atom. The Bertz CT molecular complexity index is 337. The van der Waals surface area contributed by atoms with Crippen molar-refractivity contribution in [1.29, 1.82) is 0 Å². The van der Waals surface area contributed by atoms with Crippen molar-refractivity contribution in [1.82, 2.24) is 9.88 Å². The molecular formula is C15H25N3. The molecule has 0 saturated carbocycles. The summed E-state index contributed by atoms with van der Waals surface area (Å²) in [5.74, 6) is 0.755. The second kappa shape index (κ2) is 6.74. The van der Waals surface area contributed by atoms with Gasteiger partial charge in [0.1, 0.15) is 0 Å². The first-order valence-electron chi connectivity index (χ1n) is 7.18. The van der Waals surface area contributed by atoms with Gasteiger partial charge in [-0.2, -0.15) is 0 Å². The van der Waals surface area contributed by atoms with Crippen LogP contribution in [0, 0.1) is 5.92 Å². The lowest BCUT2D eigenvalue weighted by atomic mass is 9.91. The van der Waals surface area contributed by atoms with Crippen LogP contribution in [-0.4, -0.2) is 35.6 Å². The predicted molar refractivity (Wildman–Crippen MR) is 76.8 cm³/mol.